The zero-order chi connectivity index (χ0) is 26.4. The number of carbonyl (C=O) groups excluding carboxylic acids is 1. The second-order valence-corrected chi connectivity index (χ2v) is 16.9. The summed E-state index contributed by atoms with van der Waals surface area (Å²) < 4.78 is 13.6. The fourth-order valence-corrected chi connectivity index (χ4v) is 5.48. The fourth-order valence-electron chi connectivity index (χ4n) is 4.72. The van der Waals surface area contributed by atoms with Crippen LogP contribution in [0.25, 0.3) is 11.2 Å². The lowest BCUT2D eigenvalue weighted by molar-refractivity contribution is 0.0899. The number of hydrogen-bond acceptors (Lipinski definition) is 6. The van der Waals surface area contributed by atoms with Gasteiger partial charge in [0.15, 0.2) is 5.65 Å². The van der Waals surface area contributed by atoms with Gasteiger partial charge in [0.2, 0.25) is 0 Å². The van der Waals surface area contributed by atoms with Gasteiger partial charge in [0.25, 0.3) is 0 Å². The molecule has 0 aliphatic heterocycles. The molecule has 9 heteroatoms. The summed E-state index contributed by atoms with van der Waals surface area (Å²) in [7, 11) is 2.57. The average molecular weight is 524 g/mol. The molecular formula is C28H41N5O3Si. The van der Waals surface area contributed by atoms with Crippen LogP contribution in [0, 0.1) is 0 Å². The third-order valence-electron chi connectivity index (χ3n) is 7.19. The van der Waals surface area contributed by atoms with Crippen molar-refractivity contribution in [2.24, 2.45) is 0 Å². The zero-order valence-electron chi connectivity index (χ0n) is 22.9. The molecule has 4 rings (SSSR count). The number of rotatable bonds is 10. The number of fused-ring (bicyclic) bond motifs is 1. The Morgan fingerprint density at radius 1 is 1.16 bits per heavy atom. The van der Waals surface area contributed by atoms with Crippen LogP contribution in [-0.4, -0.2) is 55.4 Å². The van der Waals surface area contributed by atoms with E-state index in [1.54, 1.807) is 7.05 Å². The number of nitrogens with one attached hydrogen (secondary N) is 1. The minimum absolute atomic E-state index is 0.216. The minimum atomic E-state index is -1.18. The smallest absolute Gasteiger partial charge is 0.414 e. The van der Waals surface area contributed by atoms with Crippen molar-refractivity contribution in [3.05, 3.63) is 54.0 Å². The Bertz CT molecular complexity index is 1170. The van der Waals surface area contributed by atoms with Gasteiger partial charge in [0.1, 0.15) is 18.9 Å². The molecule has 1 fully saturated rings. The van der Waals surface area contributed by atoms with Crippen LogP contribution in [0.15, 0.2) is 42.7 Å². The van der Waals surface area contributed by atoms with E-state index in [0.29, 0.717) is 36.5 Å². The summed E-state index contributed by atoms with van der Waals surface area (Å²) in [5, 5.41) is 3.39. The number of hydrogen-bond donors (Lipinski definition) is 1. The molecule has 200 valence electrons. The van der Waals surface area contributed by atoms with E-state index in [9.17, 15) is 4.79 Å². The second kappa shape index (κ2) is 12.2. The molecule has 0 unspecified atom stereocenters. The quantitative estimate of drug-likeness (QED) is 0.269. The van der Waals surface area contributed by atoms with Gasteiger partial charge in [0.05, 0.1) is 17.6 Å². The predicted octanol–water partition coefficient (Wildman–Crippen LogP) is 5.76. The average Bonchev–Trinajstić information content (AvgIpc) is 3.27. The summed E-state index contributed by atoms with van der Waals surface area (Å²) in [5.41, 5.74) is 4.05. The first kappa shape index (κ1) is 27.3. The first-order valence-corrected chi connectivity index (χ1v) is 17.0. The first-order valence-electron chi connectivity index (χ1n) is 13.3. The lowest BCUT2D eigenvalue weighted by Crippen LogP contribution is -2.29. The van der Waals surface area contributed by atoms with Gasteiger partial charge in [-0.15, -0.1) is 0 Å². The number of carbonyl (C=O) groups is 1. The molecule has 1 N–H and O–H groups in total. The summed E-state index contributed by atoms with van der Waals surface area (Å²) in [6.07, 6.45) is 7.81. The van der Waals surface area contributed by atoms with E-state index >= 15 is 0 Å². The van der Waals surface area contributed by atoms with Crippen LogP contribution in [-0.2, 0) is 22.8 Å². The zero-order valence-corrected chi connectivity index (χ0v) is 23.9. The molecule has 1 aromatic carbocycles. The summed E-state index contributed by atoms with van der Waals surface area (Å²) in [4.78, 5) is 24.4. The normalized spacial score (nSPS) is 18.2. The van der Waals surface area contributed by atoms with Crippen molar-refractivity contribution in [1.29, 1.82) is 0 Å². The molecular weight excluding hydrogens is 482 g/mol. The van der Waals surface area contributed by atoms with Crippen LogP contribution in [0.1, 0.15) is 42.9 Å². The minimum Gasteiger partial charge on any atom is -0.444 e. The van der Waals surface area contributed by atoms with E-state index < -0.39 is 14.2 Å². The van der Waals surface area contributed by atoms with E-state index in [0.717, 1.165) is 48.6 Å². The van der Waals surface area contributed by atoms with Gasteiger partial charge in [-0.2, -0.15) is 0 Å². The van der Waals surface area contributed by atoms with Gasteiger partial charge < -0.3 is 19.4 Å². The summed E-state index contributed by atoms with van der Waals surface area (Å²) >= 11 is 0. The van der Waals surface area contributed by atoms with E-state index in [-0.39, 0.29) is 6.61 Å². The number of amides is 1. The Hall–Kier alpha value is -2.75. The van der Waals surface area contributed by atoms with Crippen molar-refractivity contribution in [2.45, 2.75) is 76.7 Å². The van der Waals surface area contributed by atoms with Crippen molar-refractivity contribution < 1.29 is 14.3 Å². The van der Waals surface area contributed by atoms with Crippen LogP contribution >= 0.6 is 0 Å². The predicted molar refractivity (Wildman–Crippen MR) is 151 cm³/mol. The van der Waals surface area contributed by atoms with Crippen LogP contribution in [0.4, 0.5) is 10.5 Å². The third kappa shape index (κ3) is 7.18. The van der Waals surface area contributed by atoms with Gasteiger partial charge in [-0.1, -0.05) is 50.0 Å². The van der Waals surface area contributed by atoms with Crippen molar-refractivity contribution in [1.82, 2.24) is 19.9 Å². The van der Waals surface area contributed by atoms with E-state index in [1.807, 2.05) is 54.3 Å². The molecule has 1 amide bonds. The summed E-state index contributed by atoms with van der Waals surface area (Å²) in [6.45, 7) is 8.31. The molecule has 1 aliphatic rings. The van der Waals surface area contributed by atoms with Gasteiger partial charge in [-0.3, -0.25) is 4.90 Å². The lowest BCUT2D eigenvalue weighted by Gasteiger charge is -2.27. The van der Waals surface area contributed by atoms with Gasteiger partial charge >= 0.3 is 6.09 Å². The molecule has 8 nitrogen and oxygen atoms in total. The van der Waals surface area contributed by atoms with Gasteiger partial charge in [-0.05, 0) is 44.3 Å². The Morgan fingerprint density at radius 2 is 1.89 bits per heavy atom. The van der Waals surface area contributed by atoms with Crippen LogP contribution in [0.3, 0.4) is 0 Å². The molecule has 0 spiro atoms. The molecule has 3 aromatic rings. The van der Waals surface area contributed by atoms with Gasteiger partial charge in [0, 0.05) is 39.9 Å². The Balaban J connectivity index is 1.56. The monoisotopic (exact) mass is 523 g/mol. The van der Waals surface area contributed by atoms with Crippen LogP contribution < -0.4 is 10.2 Å². The van der Waals surface area contributed by atoms with Crippen molar-refractivity contribution in [3.63, 3.8) is 0 Å². The molecule has 0 atom stereocenters. The number of nitrogens with zero attached hydrogens (tertiary/aromatic N) is 4. The Labute approximate surface area is 221 Å². The number of benzene rings is 1. The number of ether oxygens (including phenoxy) is 2. The standard InChI is InChI=1S/C28H41N5O3Si/c1-29-23-13-11-22(12-14-23)24-17-30-27-26(31-24)25(18-33(27)20-35-15-16-37(3,4)5)32(2)28(34)36-19-21-9-7-6-8-10-21/h6-10,17-18,22-23,29H,11-16,19-20H2,1-5H3. The third-order valence-corrected chi connectivity index (χ3v) is 8.89. The van der Waals surface area contributed by atoms with E-state index in [1.165, 1.54) is 4.90 Å². The Morgan fingerprint density at radius 3 is 2.57 bits per heavy atom. The SMILES string of the molecule is CNC1CCC(c2cnc3c(n2)c(N(C)C(=O)OCc2ccccc2)cn3COCC[Si](C)(C)C)CC1. The largest absolute Gasteiger partial charge is 0.444 e. The van der Waals surface area contributed by atoms with Crippen LogP contribution in [0.2, 0.25) is 25.7 Å². The molecule has 37 heavy (non-hydrogen) atoms. The molecule has 0 radical (unpaired) electrons. The summed E-state index contributed by atoms with van der Waals surface area (Å²) in [5.74, 6) is 0.376. The first-order chi connectivity index (χ1) is 17.7. The number of aromatic nitrogens is 3. The maximum atomic E-state index is 13.0. The molecule has 1 aliphatic carbocycles. The lowest BCUT2D eigenvalue weighted by atomic mass is 9.84. The molecule has 1 saturated carbocycles. The van der Waals surface area contributed by atoms with E-state index in [4.69, 9.17) is 19.4 Å². The van der Waals surface area contributed by atoms with E-state index in [2.05, 4.69) is 25.0 Å². The summed E-state index contributed by atoms with van der Waals surface area (Å²) in [6, 6.07) is 11.4. The highest BCUT2D eigenvalue weighted by Gasteiger charge is 2.26. The van der Waals surface area contributed by atoms with Crippen molar-refractivity contribution >= 4 is 31.0 Å². The molecule has 2 aromatic heterocycles. The maximum Gasteiger partial charge on any atom is 0.414 e. The Kier molecular flexibility index (Phi) is 8.99. The van der Waals surface area contributed by atoms with Gasteiger partial charge in [-0.25, -0.2) is 14.8 Å². The molecule has 0 saturated heterocycles. The van der Waals surface area contributed by atoms with Crippen molar-refractivity contribution in [2.75, 3.05) is 25.6 Å². The second-order valence-electron chi connectivity index (χ2n) is 11.2. The number of anilines is 1. The highest BCUT2D eigenvalue weighted by Crippen LogP contribution is 2.34. The highest BCUT2D eigenvalue weighted by molar-refractivity contribution is 6.76. The molecule has 0 bridgehead atoms. The fraction of sp³-hybridized carbons (Fsp3) is 0.536. The highest BCUT2D eigenvalue weighted by atomic mass is 28.3. The van der Waals surface area contributed by atoms with Crippen molar-refractivity contribution in [3.8, 4) is 0 Å². The molecule has 2 heterocycles. The topological polar surface area (TPSA) is 81.5 Å². The maximum absolute atomic E-state index is 13.0. The van der Waals surface area contributed by atoms with Crippen LogP contribution in [0.5, 0.6) is 0 Å².